The molecule has 82 valence electrons. The molecule has 0 heterocycles. The van der Waals surface area contributed by atoms with Crippen LogP contribution in [-0.4, -0.2) is 53.5 Å². The predicted octanol–water partition coefficient (Wildman–Crippen LogP) is -1.60. The Morgan fingerprint density at radius 3 is 2.57 bits per heavy atom. The summed E-state index contributed by atoms with van der Waals surface area (Å²) in [5, 5.41) is 26.2. The van der Waals surface area contributed by atoms with Crippen molar-refractivity contribution in [3.63, 3.8) is 0 Å². The third-order valence-corrected chi connectivity index (χ3v) is 1.23. The minimum atomic E-state index is -1.32. The van der Waals surface area contributed by atoms with E-state index < -0.39 is 25.0 Å². The minimum absolute atomic E-state index is 0.233. The van der Waals surface area contributed by atoms with Crippen molar-refractivity contribution in [2.45, 2.75) is 12.4 Å². The average molecular weight is 206 g/mol. The summed E-state index contributed by atoms with van der Waals surface area (Å²) in [6, 6.07) is 0. The third-order valence-electron chi connectivity index (χ3n) is 1.23. The number of aliphatic hydroxyl groups excluding tert-OH is 3. The molecule has 0 aromatic heterocycles. The maximum Gasteiger partial charge on any atom is 0.330 e. The normalized spacial score (nSPS) is 14.5. The molecule has 0 saturated heterocycles. The molecule has 0 aromatic carbocycles. The van der Waals surface area contributed by atoms with Crippen LogP contribution in [0.25, 0.3) is 0 Å². The topological polar surface area (TPSA) is 96.2 Å². The quantitative estimate of drug-likeness (QED) is 0.264. The van der Waals surface area contributed by atoms with Crippen molar-refractivity contribution in [1.82, 2.24) is 0 Å². The van der Waals surface area contributed by atoms with E-state index in [-0.39, 0.29) is 13.2 Å². The van der Waals surface area contributed by atoms with Gasteiger partial charge in [0.05, 0.1) is 13.2 Å². The summed E-state index contributed by atoms with van der Waals surface area (Å²) in [6.07, 6.45) is -1.42. The molecule has 0 bridgehead atoms. The Labute approximate surface area is 81.4 Å². The number of esters is 1. The van der Waals surface area contributed by atoms with E-state index in [1.54, 1.807) is 0 Å². The van der Waals surface area contributed by atoms with Crippen LogP contribution in [0.15, 0.2) is 12.7 Å². The maximum atomic E-state index is 10.5. The highest BCUT2D eigenvalue weighted by Gasteiger charge is 2.09. The smallest absolute Gasteiger partial charge is 0.330 e. The first-order valence-electron chi connectivity index (χ1n) is 3.98. The Morgan fingerprint density at radius 2 is 2.07 bits per heavy atom. The molecule has 2 unspecified atom stereocenters. The van der Waals surface area contributed by atoms with E-state index >= 15 is 0 Å². The molecular weight excluding hydrogens is 192 g/mol. The second-order valence-corrected chi connectivity index (χ2v) is 2.46. The van der Waals surface area contributed by atoms with Crippen LogP contribution in [0.2, 0.25) is 0 Å². The zero-order valence-electron chi connectivity index (χ0n) is 7.63. The lowest BCUT2D eigenvalue weighted by molar-refractivity contribution is -0.169. The van der Waals surface area contributed by atoms with Crippen molar-refractivity contribution in [3.8, 4) is 0 Å². The maximum absolute atomic E-state index is 10.5. The van der Waals surface area contributed by atoms with E-state index in [0.717, 1.165) is 6.08 Å². The Hall–Kier alpha value is -0.950. The van der Waals surface area contributed by atoms with Crippen LogP contribution < -0.4 is 0 Å². The summed E-state index contributed by atoms with van der Waals surface area (Å²) >= 11 is 0. The summed E-state index contributed by atoms with van der Waals surface area (Å²) < 4.78 is 9.07. The Kier molecular flexibility index (Phi) is 6.95. The van der Waals surface area contributed by atoms with Crippen LogP contribution in [0.5, 0.6) is 0 Å². The molecule has 2 atom stereocenters. The standard InChI is InChI=1S/C8H14O6/c1-2-7(11)14-5-8(12)13-4-6(10)3-9/h2,6,8-10,12H,1,3-5H2. The van der Waals surface area contributed by atoms with Crippen molar-refractivity contribution < 1.29 is 29.6 Å². The summed E-state index contributed by atoms with van der Waals surface area (Å²) in [6.45, 7) is 2.12. The molecule has 14 heavy (non-hydrogen) atoms. The van der Waals surface area contributed by atoms with E-state index in [0.29, 0.717) is 0 Å². The highest BCUT2D eigenvalue weighted by molar-refractivity contribution is 5.81. The van der Waals surface area contributed by atoms with Crippen LogP contribution in [0.1, 0.15) is 0 Å². The predicted molar refractivity (Wildman–Crippen MR) is 46.2 cm³/mol. The monoisotopic (exact) mass is 206 g/mol. The zero-order valence-corrected chi connectivity index (χ0v) is 7.63. The Balaban J connectivity index is 3.50. The first-order valence-corrected chi connectivity index (χ1v) is 3.98. The summed E-state index contributed by atoms with van der Waals surface area (Å²) in [5.41, 5.74) is 0. The number of carbonyl (C=O) groups excluding carboxylic acids is 1. The van der Waals surface area contributed by atoms with Crippen molar-refractivity contribution in [3.05, 3.63) is 12.7 Å². The molecule has 0 aliphatic heterocycles. The minimum Gasteiger partial charge on any atom is -0.457 e. The van der Waals surface area contributed by atoms with Gasteiger partial charge in [0, 0.05) is 6.08 Å². The van der Waals surface area contributed by atoms with E-state index in [4.69, 9.17) is 15.3 Å². The van der Waals surface area contributed by atoms with Gasteiger partial charge in [-0.3, -0.25) is 0 Å². The first kappa shape index (κ1) is 13.1. The third kappa shape index (κ3) is 6.55. The second-order valence-electron chi connectivity index (χ2n) is 2.46. The number of rotatable bonds is 7. The molecule has 0 radical (unpaired) electrons. The van der Waals surface area contributed by atoms with Gasteiger partial charge in [0.25, 0.3) is 0 Å². The van der Waals surface area contributed by atoms with Crippen LogP contribution >= 0.6 is 0 Å². The van der Waals surface area contributed by atoms with Gasteiger partial charge in [-0.05, 0) is 0 Å². The lowest BCUT2D eigenvalue weighted by atomic mass is 10.4. The molecule has 0 rings (SSSR count). The molecule has 0 amide bonds. The van der Waals surface area contributed by atoms with Gasteiger partial charge in [0.15, 0.2) is 6.29 Å². The first-order chi connectivity index (χ1) is 6.60. The van der Waals surface area contributed by atoms with Gasteiger partial charge in [-0.25, -0.2) is 4.79 Å². The van der Waals surface area contributed by atoms with Gasteiger partial charge in [-0.2, -0.15) is 0 Å². The van der Waals surface area contributed by atoms with Gasteiger partial charge in [0.2, 0.25) is 0 Å². The van der Waals surface area contributed by atoms with Crippen LogP contribution in [0.3, 0.4) is 0 Å². The summed E-state index contributed by atoms with van der Waals surface area (Å²) in [5.74, 6) is -0.671. The fourth-order valence-electron chi connectivity index (χ4n) is 0.535. The van der Waals surface area contributed by atoms with E-state index in [9.17, 15) is 4.79 Å². The van der Waals surface area contributed by atoms with Gasteiger partial charge >= 0.3 is 5.97 Å². The number of ether oxygens (including phenoxy) is 2. The highest BCUT2D eigenvalue weighted by Crippen LogP contribution is 1.92. The second kappa shape index (κ2) is 7.45. The van der Waals surface area contributed by atoms with Gasteiger partial charge in [0.1, 0.15) is 12.7 Å². The Bertz CT molecular complexity index is 181. The molecule has 0 saturated carbocycles. The molecule has 0 aliphatic carbocycles. The van der Waals surface area contributed by atoms with E-state index in [1.807, 2.05) is 0 Å². The molecule has 3 N–H and O–H groups in total. The fraction of sp³-hybridized carbons (Fsp3) is 0.625. The summed E-state index contributed by atoms with van der Waals surface area (Å²) in [7, 11) is 0. The van der Waals surface area contributed by atoms with Gasteiger partial charge < -0.3 is 24.8 Å². The molecular formula is C8H14O6. The average Bonchev–Trinajstić information content (AvgIpc) is 2.22. The van der Waals surface area contributed by atoms with Crippen LogP contribution in [-0.2, 0) is 14.3 Å². The van der Waals surface area contributed by atoms with Crippen molar-refractivity contribution in [2.75, 3.05) is 19.8 Å². The highest BCUT2D eigenvalue weighted by atomic mass is 16.6. The molecule has 0 aromatic rings. The molecule has 0 spiro atoms. The molecule has 0 aliphatic rings. The SMILES string of the molecule is C=CC(=O)OCC(O)OCC(O)CO. The molecule has 0 fully saturated rings. The number of hydrogen-bond acceptors (Lipinski definition) is 6. The fourth-order valence-corrected chi connectivity index (χ4v) is 0.535. The number of carbonyl (C=O) groups is 1. The van der Waals surface area contributed by atoms with Crippen LogP contribution in [0, 0.1) is 0 Å². The lowest BCUT2D eigenvalue weighted by Gasteiger charge is -2.13. The van der Waals surface area contributed by atoms with Crippen molar-refractivity contribution in [1.29, 1.82) is 0 Å². The lowest BCUT2D eigenvalue weighted by Crippen LogP contribution is -2.27. The van der Waals surface area contributed by atoms with Crippen molar-refractivity contribution in [2.24, 2.45) is 0 Å². The van der Waals surface area contributed by atoms with E-state index in [2.05, 4.69) is 16.1 Å². The Morgan fingerprint density at radius 1 is 1.43 bits per heavy atom. The zero-order chi connectivity index (χ0) is 11.0. The largest absolute Gasteiger partial charge is 0.457 e. The number of aliphatic hydroxyl groups is 3. The number of hydrogen-bond donors (Lipinski definition) is 3. The van der Waals surface area contributed by atoms with Gasteiger partial charge in [-0.1, -0.05) is 6.58 Å². The van der Waals surface area contributed by atoms with Crippen molar-refractivity contribution >= 4 is 5.97 Å². The summed E-state index contributed by atoms with van der Waals surface area (Å²) in [4.78, 5) is 10.5. The molecule has 6 nitrogen and oxygen atoms in total. The van der Waals surface area contributed by atoms with E-state index in [1.165, 1.54) is 0 Å². The van der Waals surface area contributed by atoms with Crippen LogP contribution in [0.4, 0.5) is 0 Å². The molecule has 6 heteroatoms. The van der Waals surface area contributed by atoms with Gasteiger partial charge in [-0.15, -0.1) is 0 Å².